The summed E-state index contributed by atoms with van der Waals surface area (Å²) >= 11 is 2.24. The first kappa shape index (κ1) is 35.1. The van der Waals surface area contributed by atoms with Gasteiger partial charge in [0.25, 0.3) is 0 Å². The minimum absolute atomic E-state index is 0.0281. The van der Waals surface area contributed by atoms with Crippen LogP contribution in [-0.4, -0.2) is 116 Å². The highest BCUT2D eigenvalue weighted by Gasteiger charge is 2.50. The van der Waals surface area contributed by atoms with E-state index in [1.54, 1.807) is 6.92 Å². The highest BCUT2D eigenvalue weighted by atomic mass is 127. The Morgan fingerprint density at radius 3 is 2.60 bits per heavy atom. The maximum Gasteiger partial charge on any atom is 0.202 e. The molecule has 260 valence electrons. The number of halogens is 1. The summed E-state index contributed by atoms with van der Waals surface area (Å²) in [6.07, 6.45) is -3.23. The first-order valence-corrected chi connectivity index (χ1v) is 16.9. The van der Waals surface area contributed by atoms with Gasteiger partial charge >= 0.3 is 0 Å². The predicted molar refractivity (Wildman–Crippen MR) is 175 cm³/mol. The molecule has 0 amide bonds. The van der Waals surface area contributed by atoms with Crippen LogP contribution < -0.4 is 10.1 Å². The summed E-state index contributed by atoms with van der Waals surface area (Å²) < 4.78 is 25.4. The SMILES string of the molecule is COc1cccc2c1C(=O)c1c(O)c3c(c(O)c1C2=O)C[C@@](O)(C(=O)CO)CC3OC1CC(NCCCC2OCCN2I)C(O)C(C)O1. The number of rotatable bonds is 10. The molecule has 2 aromatic rings. The number of phenols is 2. The molecule has 6 rings (SSSR count). The summed E-state index contributed by atoms with van der Waals surface area (Å²) in [7, 11) is 1.34. The summed E-state index contributed by atoms with van der Waals surface area (Å²) in [6.45, 7) is 2.77. The Kier molecular flexibility index (Phi) is 10.1. The van der Waals surface area contributed by atoms with Gasteiger partial charge in [-0.3, -0.25) is 14.4 Å². The monoisotopic (exact) mass is 782 g/mol. The van der Waals surface area contributed by atoms with E-state index >= 15 is 0 Å². The van der Waals surface area contributed by atoms with Gasteiger partial charge in [-0.25, -0.2) is 3.11 Å². The second-order valence-corrected chi connectivity index (χ2v) is 13.9. The number of aliphatic hydroxyl groups excluding tert-OH is 2. The van der Waals surface area contributed by atoms with Gasteiger partial charge in [-0.2, -0.15) is 0 Å². The van der Waals surface area contributed by atoms with E-state index in [0.717, 1.165) is 19.4 Å². The quantitative estimate of drug-likeness (QED) is 0.0746. The van der Waals surface area contributed by atoms with Gasteiger partial charge in [-0.15, -0.1) is 0 Å². The number of nitrogens with one attached hydrogen (secondary N) is 1. The first-order valence-electron chi connectivity index (χ1n) is 15.9. The number of ketones is 3. The number of hydrogen-bond acceptors (Lipinski definition) is 14. The van der Waals surface area contributed by atoms with Gasteiger partial charge in [0, 0.05) is 71.4 Å². The third-order valence-corrected chi connectivity index (χ3v) is 10.8. The van der Waals surface area contributed by atoms with Crippen molar-refractivity contribution in [2.45, 2.75) is 81.5 Å². The van der Waals surface area contributed by atoms with E-state index in [2.05, 4.69) is 31.3 Å². The van der Waals surface area contributed by atoms with E-state index < -0.39 is 95.7 Å². The number of aliphatic hydroxyl groups is 3. The molecule has 2 aliphatic heterocycles. The molecule has 0 bridgehead atoms. The lowest BCUT2D eigenvalue weighted by molar-refractivity contribution is -0.249. The number of carbonyl (C=O) groups is 3. The van der Waals surface area contributed by atoms with Crippen LogP contribution in [-0.2, 0) is 25.4 Å². The predicted octanol–water partition coefficient (Wildman–Crippen LogP) is 1.42. The summed E-state index contributed by atoms with van der Waals surface area (Å²) in [5, 5.41) is 58.7. The van der Waals surface area contributed by atoms with Crippen molar-refractivity contribution in [1.82, 2.24) is 8.43 Å². The molecule has 2 aliphatic carbocycles. The molecule has 14 nitrogen and oxygen atoms in total. The van der Waals surface area contributed by atoms with Gasteiger partial charge in [-0.1, -0.05) is 12.1 Å². The zero-order valence-corrected chi connectivity index (χ0v) is 28.6. The Bertz CT molecular complexity index is 1620. The van der Waals surface area contributed by atoms with Crippen LogP contribution in [0.25, 0.3) is 0 Å². The maximum absolute atomic E-state index is 13.9. The highest BCUT2D eigenvalue weighted by Crippen LogP contribution is 2.52. The van der Waals surface area contributed by atoms with Crippen LogP contribution in [0.3, 0.4) is 0 Å². The molecule has 0 saturated carbocycles. The van der Waals surface area contributed by atoms with Gasteiger partial charge in [0.15, 0.2) is 17.9 Å². The summed E-state index contributed by atoms with van der Waals surface area (Å²) in [5.74, 6) is -3.71. The van der Waals surface area contributed by atoms with E-state index in [1.807, 2.05) is 0 Å². The number of methoxy groups -OCH3 is 1. The standard InChI is InChI=1S/C33H39IN2O12/c1-15-28(39)18(35-8-4-7-22-36(34)9-10-46-22)11-23(47-15)48-20-13-33(44,21(38)14-37)12-17-25(20)32(43)27-26(30(17)41)29(40)16-5-3-6-19(45-2)24(16)31(27)42/h3,5-6,15,18,20,22-23,28,35,37,39,41,43-44H,4,7-14H2,1-2H3/t15?,18?,20?,22?,23?,28?,33-/m0/s1. The van der Waals surface area contributed by atoms with Gasteiger partial charge in [0.2, 0.25) is 5.78 Å². The minimum atomic E-state index is -2.25. The zero-order chi connectivity index (χ0) is 34.5. The van der Waals surface area contributed by atoms with Crippen molar-refractivity contribution in [2.75, 3.05) is 33.4 Å². The van der Waals surface area contributed by atoms with Crippen LogP contribution in [0.1, 0.15) is 81.7 Å². The molecule has 15 heteroatoms. The number of carbonyl (C=O) groups excluding carboxylic acids is 3. The Hall–Kier alpha value is -2.74. The normalized spacial score (nSPS) is 30.1. The second-order valence-electron chi connectivity index (χ2n) is 12.6. The van der Waals surface area contributed by atoms with Crippen molar-refractivity contribution in [1.29, 1.82) is 0 Å². The Labute approximate surface area is 290 Å². The fourth-order valence-electron chi connectivity index (χ4n) is 7.21. The molecule has 2 saturated heterocycles. The van der Waals surface area contributed by atoms with Crippen LogP contribution in [0.2, 0.25) is 0 Å². The lowest BCUT2D eigenvalue weighted by Gasteiger charge is -2.43. The number of hydrogen-bond donors (Lipinski definition) is 6. The summed E-state index contributed by atoms with van der Waals surface area (Å²) in [4.78, 5) is 40.4. The molecular formula is C33H39IN2O12. The number of fused-ring (bicyclic) bond motifs is 3. The molecule has 48 heavy (non-hydrogen) atoms. The zero-order valence-electron chi connectivity index (χ0n) is 26.5. The van der Waals surface area contributed by atoms with Crippen LogP contribution in [0.4, 0.5) is 0 Å². The average Bonchev–Trinajstić information content (AvgIpc) is 3.48. The number of Topliss-reactive ketones (excluding diaryl/α,β-unsaturated/α-hetero) is 1. The Morgan fingerprint density at radius 2 is 1.92 bits per heavy atom. The Balaban J connectivity index is 1.32. The molecule has 0 spiro atoms. The summed E-state index contributed by atoms with van der Waals surface area (Å²) in [5.41, 5.74) is -3.56. The number of aromatic hydroxyl groups is 2. The van der Waals surface area contributed by atoms with E-state index in [4.69, 9.17) is 18.9 Å². The van der Waals surface area contributed by atoms with Crippen molar-refractivity contribution < 1.29 is 58.9 Å². The molecule has 2 heterocycles. The average molecular weight is 783 g/mol. The van der Waals surface area contributed by atoms with Crippen LogP contribution in [0.15, 0.2) is 18.2 Å². The molecule has 7 atom stereocenters. The lowest BCUT2D eigenvalue weighted by atomic mass is 9.72. The van der Waals surface area contributed by atoms with Crippen molar-refractivity contribution in [2.24, 2.45) is 0 Å². The number of ether oxygens (including phenoxy) is 4. The molecule has 4 aliphatic rings. The van der Waals surface area contributed by atoms with Crippen LogP contribution >= 0.6 is 22.9 Å². The molecule has 0 radical (unpaired) electrons. The van der Waals surface area contributed by atoms with Crippen molar-refractivity contribution >= 4 is 40.2 Å². The van der Waals surface area contributed by atoms with E-state index in [-0.39, 0.29) is 40.7 Å². The smallest absolute Gasteiger partial charge is 0.202 e. The topological polar surface area (TPSA) is 205 Å². The minimum Gasteiger partial charge on any atom is -0.507 e. The van der Waals surface area contributed by atoms with E-state index in [1.165, 1.54) is 25.3 Å². The first-order chi connectivity index (χ1) is 22.9. The van der Waals surface area contributed by atoms with E-state index in [0.29, 0.717) is 13.2 Å². The van der Waals surface area contributed by atoms with Crippen molar-refractivity contribution in [3.63, 3.8) is 0 Å². The summed E-state index contributed by atoms with van der Waals surface area (Å²) in [6, 6.07) is 3.94. The van der Waals surface area contributed by atoms with Crippen LogP contribution in [0.5, 0.6) is 17.2 Å². The number of nitrogens with zero attached hydrogens (tertiary/aromatic N) is 1. The number of phenolic OH excluding ortho intramolecular Hbond substituents is 2. The highest BCUT2D eigenvalue weighted by molar-refractivity contribution is 14.1. The Morgan fingerprint density at radius 1 is 1.17 bits per heavy atom. The largest absolute Gasteiger partial charge is 0.507 e. The van der Waals surface area contributed by atoms with Crippen molar-refractivity contribution in [3.05, 3.63) is 51.6 Å². The van der Waals surface area contributed by atoms with Gasteiger partial charge in [0.05, 0.1) is 48.7 Å². The third-order valence-electron chi connectivity index (χ3n) is 9.72. The maximum atomic E-state index is 13.9. The lowest BCUT2D eigenvalue weighted by Crippen LogP contribution is -2.54. The van der Waals surface area contributed by atoms with Gasteiger partial charge in [0.1, 0.15) is 35.7 Å². The van der Waals surface area contributed by atoms with Gasteiger partial charge in [-0.05, 0) is 32.4 Å². The third kappa shape index (κ3) is 6.13. The molecular weight excluding hydrogens is 743 g/mol. The molecule has 2 fully saturated rings. The van der Waals surface area contributed by atoms with Crippen molar-refractivity contribution in [3.8, 4) is 17.2 Å². The van der Waals surface area contributed by atoms with E-state index in [9.17, 15) is 39.9 Å². The number of benzene rings is 2. The fourth-order valence-corrected chi connectivity index (χ4v) is 7.84. The molecule has 6 unspecified atom stereocenters. The van der Waals surface area contributed by atoms with Gasteiger partial charge < -0.3 is 49.8 Å². The molecule has 6 N–H and O–H groups in total. The molecule has 0 aromatic heterocycles. The fraction of sp³-hybridized carbons (Fsp3) is 0.545. The second kappa shape index (κ2) is 13.9. The molecule has 2 aromatic carbocycles. The van der Waals surface area contributed by atoms with Crippen LogP contribution in [0, 0.1) is 0 Å².